The summed E-state index contributed by atoms with van der Waals surface area (Å²) in [6, 6.07) is 7.50. The molecule has 25 heavy (non-hydrogen) atoms. The molecule has 3 rings (SSSR count). The smallest absolute Gasteiger partial charge is 0.280 e. The normalized spacial score (nSPS) is 14.4. The Bertz CT molecular complexity index is 772. The maximum Gasteiger partial charge on any atom is 0.280 e. The number of carbonyl (C=O) groups excluding carboxylic acids is 1. The van der Waals surface area contributed by atoms with E-state index >= 15 is 0 Å². The van der Waals surface area contributed by atoms with Crippen LogP contribution in [0.4, 0.5) is 20.2 Å². The number of nitrogens with zero attached hydrogens (tertiary/aromatic N) is 4. The summed E-state index contributed by atoms with van der Waals surface area (Å²) >= 11 is 0. The Labute approximate surface area is 145 Å². The molecule has 5 nitrogen and oxygen atoms in total. The van der Waals surface area contributed by atoms with E-state index in [4.69, 9.17) is 0 Å². The Hall–Kier alpha value is -2.44. The largest absolute Gasteiger partial charge is 0.371 e. The van der Waals surface area contributed by atoms with Crippen molar-refractivity contribution in [1.29, 1.82) is 0 Å². The van der Waals surface area contributed by atoms with E-state index in [0.29, 0.717) is 19.6 Å². The molecule has 1 aromatic carbocycles. The number of aromatic nitrogens is 2. The number of hydrogen-bond donors (Lipinski definition) is 0. The lowest BCUT2D eigenvalue weighted by Crippen LogP contribution is -2.42. The van der Waals surface area contributed by atoms with Gasteiger partial charge in [0.1, 0.15) is 5.69 Å². The predicted octanol–water partition coefficient (Wildman–Crippen LogP) is 3.57. The van der Waals surface area contributed by atoms with Crippen LogP contribution in [-0.2, 0) is 6.54 Å². The summed E-state index contributed by atoms with van der Waals surface area (Å²) < 4.78 is 28.5. The lowest BCUT2D eigenvalue weighted by Gasteiger charge is -2.35. The van der Waals surface area contributed by atoms with Crippen LogP contribution in [-0.4, -0.2) is 35.8 Å². The van der Waals surface area contributed by atoms with Crippen molar-refractivity contribution in [3.63, 3.8) is 0 Å². The minimum absolute atomic E-state index is 0.0185. The number of carbonyl (C=O) groups is 1. The molecule has 0 bridgehead atoms. The standard InChI is InChI=1S/C18H22F2N4O/c1-12(2)11-24-16(17(19)20)13(10-21-24)18(25)23-9-8-22(3)14-6-4-5-7-15(14)23/h4-7,10,12,17H,8-9,11H2,1-3H3. The number of halogens is 2. The van der Waals surface area contributed by atoms with E-state index in [1.807, 2.05) is 45.2 Å². The van der Waals surface area contributed by atoms with Gasteiger partial charge in [0.2, 0.25) is 0 Å². The summed E-state index contributed by atoms with van der Waals surface area (Å²) in [7, 11) is 1.95. The molecule has 1 aromatic heterocycles. The third-order valence-electron chi connectivity index (χ3n) is 4.34. The number of amides is 1. The third-order valence-corrected chi connectivity index (χ3v) is 4.34. The van der Waals surface area contributed by atoms with Gasteiger partial charge in [-0.05, 0) is 18.1 Å². The Balaban J connectivity index is 1.99. The van der Waals surface area contributed by atoms with Gasteiger partial charge >= 0.3 is 0 Å². The monoisotopic (exact) mass is 348 g/mol. The maximum absolute atomic E-state index is 13.6. The van der Waals surface area contributed by atoms with Gasteiger partial charge in [-0.2, -0.15) is 5.10 Å². The third kappa shape index (κ3) is 3.23. The number of alkyl halides is 2. The van der Waals surface area contributed by atoms with E-state index < -0.39 is 12.3 Å². The molecule has 0 spiro atoms. The molecular weight excluding hydrogens is 326 g/mol. The zero-order chi connectivity index (χ0) is 18.1. The van der Waals surface area contributed by atoms with Crippen molar-refractivity contribution >= 4 is 17.3 Å². The molecule has 0 aliphatic carbocycles. The summed E-state index contributed by atoms with van der Waals surface area (Å²) in [6.45, 7) is 5.30. The quantitative estimate of drug-likeness (QED) is 0.848. The van der Waals surface area contributed by atoms with E-state index in [2.05, 4.69) is 10.00 Å². The SMILES string of the molecule is CC(C)Cn1ncc(C(=O)N2CCN(C)c3ccccc32)c1C(F)F. The second kappa shape index (κ2) is 6.82. The Morgan fingerprint density at radius 1 is 1.20 bits per heavy atom. The number of rotatable bonds is 4. The van der Waals surface area contributed by atoms with Crippen LogP contribution in [0.3, 0.4) is 0 Å². The number of likely N-dealkylation sites (N-methyl/N-ethyl adjacent to an activating group) is 1. The fourth-order valence-corrected chi connectivity index (χ4v) is 3.14. The number of hydrogen-bond acceptors (Lipinski definition) is 3. The number of anilines is 2. The van der Waals surface area contributed by atoms with Crippen LogP contribution < -0.4 is 9.80 Å². The molecule has 1 aliphatic rings. The van der Waals surface area contributed by atoms with Gasteiger partial charge in [-0.3, -0.25) is 9.48 Å². The van der Waals surface area contributed by atoms with Crippen LogP contribution >= 0.6 is 0 Å². The number of benzene rings is 1. The van der Waals surface area contributed by atoms with Crippen LogP contribution in [0.1, 0.15) is 36.3 Å². The van der Waals surface area contributed by atoms with Crippen molar-refractivity contribution in [2.45, 2.75) is 26.8 Å². The molecule has 1 amide bonds. The Morgan fingerprint density at radius 3 is 2.52 bits per heavy atom. The van der Waals surface area contributed by atoms with Crippen LogP contribution in [0.15, 0.2) is 30.5 Å². The zero-order valence-corrected chi connectivity index (χ0v) is 14.6. The van der Waals surface area contributed by atoms with Crippen LogP contribution in [0.5, 0.6) is 0 Å². The van der Waals surface area contributed by atoms with Crippen LogP contribution in [0.25, 0.3) is 0 Å². The van der Waals surface area contributed by atoms with Gasteiger partial charge < -0.3 is 9.80 Å². The summed E-state index contributed by atoms with van der Waals surface area (Å²) in [5, 5.41) is 4.04. The second-order valence-corrected chi connectivity index (χ2v) is 6.69. The van der Waals surface area contributed by atoms with E-state index in [1.54, 1.807) is 4.90 Å². The number of para-hydroxylation sites is 2. The van der Waals surface area contributed by atoms with E-state index in [9.17, 15) is 13.6 Å². The topological polar surface area (TPSA) is 41.4 Å². The second-order valence-electron chi connectivity index (χ2n) is 6.69. The molecule has 134 valence electrons. The molecule has 2 aromatic rings. The van der Waals surface area contributed by atoms with Gasteiger partial charge in [0.25, 0.3) is 12.3 Å². The van der Waals surface area contributed by atoms with Gasteiger partial charge in [0.15, 0.2) is 0 Å². The highest BCUT2D eigenvalue weighted by molar-refractivity contribution is 6.09. The molecule has 0 atom stereocenters. The lowest BCUT2D eigenvalue weighted by molar-refractivity contribution is 0.0967. The maximum atomic E-state index is 13.6. The van der Waals surface area contributed by atoms with Gasteiger partial charge in [0, 0.05) is 26.7 Å². The zero-order valence-electron chi connectivity index (χ0n) is 14.6. The molecular formula is C18H22F2N4O. The Morgan fingerprint density at radius 2 is 1.88 bits per heavy atom. The minimum Gasteiger partial charge on any atom is -0.371 e. The van der Waals surface area contributed by atoms with Crippen LogP contribution in [0.2, 0.25) is 0 Å². The highest BCUT2D eigenvalue weighted by Crippen LogP contribution is 2.34. The first kappa shape index (κ1) is 17.4. The minimum atomic E-state index is -2.75. The summed E-state index contributed by atoms with van der Waals surface area (Å²) in [6.07, 6.45) is -1.48. The highest BCUT2D eigenvalue weighted by Gasteiger charge is 2.31. The highest BCUT2D eigenvalue weighted by atomic mass is 19.3. The van der Waals surface area contributed by atoms with Crippen LogP contribution in [0, 0.1) is 5.92 Å². The average molecular weight is 348 g/mol. The van der Waals surface area contributed by atoms with Gasteiger partial charge in [-0.15, -0.1) is 0 Å². The summed E-state index contributed by atoms with van der Waals surface area (Å²) in [5.74, 6) is -0.268. The van der Waals surface area contributed by atoms with Crippen molar-refractivity contribution < 1.29 is 13.6 Å². The average Bonchev–Trinajstić information content (AvgIpc) is 2.98. The first-order chi connectivity index (χ1) is 11.9. The fraction of sp³-hybridized carbons (Fsp3) is 0.444. The van der Waals surface area contributed by atoms with E-state index in [0.717, 1.165) is 11.4 Å². The molecule has 0 unspecified atom stereocenters. The van der Waals surface area contributed by atoms with E-state index in [-0.39, 0.29) is 17.2 Å². The van der Waals surface area contributed by atoms with E-state index in [1.165, 1.54) is 10.9 Å². The lowest BCUT2D eigenvalue weighted by atomic mass is 10.1. The van der Waals surface area contributed by atoms with Gasteiger partial charge in [0.05, 0.1) is 23.1 Å². The predicted molar refractivity (Wildman–Crippen MR) is 93.4 cm³/mol. The van der Waals surface area contributed by atoms with Crippen molar-refractivity contribution in [2.75, 3.05) is 29.9 Å². The molecule has 0 saturated heterocycles. The van der Waals surface area contributed by atoms with Crippen molar-refractivity contribution in [3.8, 4) is 0 Å². The van der Waals surface area contributed by atoms with Crippen molar-refractivity contribution in [3.05, 3.63) is 41.7 Å². The molecule has 0 radical (unpaired) electrons. The summed E-state index contributed by atoms with van der Waals surface area (Å²) in [4.78, 5) is 16.6. The van der Waals surface area contributed by atoms with Crippen molar-refractivity contribution in [2.24, 2.45) is 5.92 Å². The molecule has 2 heterocycles. The first-order valence-electron chi connectivity index (χ1n) is 8.36. The fourth-order valence-electron chi connectivity index (χ4n) is 3.14. The summed E-state index contributed by atoms with van der Waals surface area (Å²) in [5.41, 5.74) is 1.33. The Kier molecular flexibility index (Phi) is 4.74. The molecule has 7 heteroatoms. The van der Waals surface area contributed by atoms with Crippen molar-refractivity contribution in [1.82, 2.24) is 9.78 Å². The molecule has 0 fully saturated rings. The van der Waals surface area contributed by atoms with Gasteiger partial charge in [-0.1, -0.05) is 26.0 Å². The number of fused-ring (bicyclic) bond motifs is 1. The molecule has 0 N–H and O–H groups in total. The van der Waals surface area contributed by atoms with Gasteiger partial charge in [-0.25, -0.2) is 8.78 Å². The molecule has 0 saturated carbocycles. The molecule has 1 aliphatic heterocycles. The first-order valence-corrected chi connectivity index (χ1v) is 8.36.